The molecule has 0 spiro atoms. The number of halogens is 1. The molecule has 2 atom stereocenters. The van der Waals surface area contributed by atoms with Gasteiger partial charge in [-0.1, -0.05) is 23.7 Å². The van der Waals surface area contributed by atoms with Crippen molar-refractivity contribution in [1.82, 2.24) is 4.90 Å². The molecule has 3 heteroatoms. The van der Waals surface area contributed by atoms with Gasteiger partial charge in [0.1, 0.15) is 0 Å². The molecule has 1 fully saturated rings. The predicted molar refractivity (Wildman–Crippen MR) is 64.0 cm³/mol. The Balaban J connectivity index is 2.28. The van der Waals surface area contributed by atoms with Crippen LogP contribution in [-0.2, 0) is 0 Å². The molecule has 0 bridgehead atoms. The van der Waals surface area contributed by atoms with Gasteiger partial charge in [-0.25, -0.2) is 0 Å². The van der Waals surface area contributed by atoms with Gasteiger partial charge in [-0.2, -0.15) is 0 Å². The van der Waals surface area contributed by atoms with Crippen LogP contribution in [0.3, 0.4) is 0 Å². The molecule has 0 radical (unpaired) electrons. The van der Waals surface area contributed by atoms with Gasteiger partial charge in [0.25, 0.3) is 0 Å². The number of nitrogens with zero attached hydrogens (tertiary/aromatic N) is 1. The molecular weight excluding hydrogens is 208 g/mol. The van der Waals surface area contributed by atoms with Crippen LogP contribution < -0.4 is 5.73 Å². The van der Waals surface area contributed by atoms with Crippen LogP contribution in [0.15, 0.2) is 24.3 Å². The molecule has 1 heterocycles. The van der Waals surface area contributed by atoms with Crippen molar-refractivity contribution in [2.75, 3.05) is 20.1 Å². The number of nitrogens with two attached hydrogens (primary N) is 1. The molecule has 0 aromatic heterocycles. The predicted octanol–water partition coefficient (Wildman–Crippen LogP) is 2.29. The number of likely N-dealkylation sites (tertiary alicyclic amines) is 1. The Morgan fingerprint density at radius 2 is 2.33 bits per heavy atom. The highest BCUT2D eigenvalue weighted by Gasteiger charge is 2.31. The van der Waals surface area contributed by atoms with Crippen molar-refractivity contribution in [3.63, 3.8) is 0 Å². The summed E-state index contributed by atoms with van der Waals surface area (Å²) < 4.78 is 0. The van der Waals surface area contributed by atoms with Crippen LogP contribution in [0.25, 0.3) is 0 Å². The Hall–Kier alpha value is -0.570. The Morgan fingerprint density at radius 3 is 3.00 bits per heavy atom. The molecule has 0 amide bonds. The summed E-state index contributed by atoms with van der Waals surface area (Å²) in [7, 11) is 2.15. The zero-order chi connectivity index (χ0) is 10.8. The van der Waals surface area contributed by atoms with Gasteiger partial charge in [0.05, 0.1) is 0 Å². The van der Waals surface area contributed by atoms with Crippen LogP contribution in [0.2, 0.25) is 5.02 Å². The third kappa shape index (κ3) is 2.17. The second-order valence-electron chi connectivity index (χ2n) is 4.26. The average Bonchev–Trinajstić information content (AvgIpc) is 2.59. The van der Waals surface area contributed by atoms with Gasteiger partial charge in [0.15, 0.2) is 0 Å². The van der Waals surface area contributed by atoms with Crippen LogP contribution in [0, 0.1) is 5.92 Å². The molecule has 1 aromatic rings. The SMILES string of the molecule is CN1CC[C@@H](CN)[C@@H]1c1cccc(Cl)c1. The van der Waals surface area contributed by atoms with Gasteiger partial charge in [-0.3, -0.25) is 4.90 Å². The standard InChI is InChI=1S/C12H17ClN2/c1-15-6-5-10(8-14)12(15)9-3-2-4-11(13)7-9/h2-4,7,10,12H,5-6,8,14H2,1H3/t10-,12-/m0/s1. The van der Waals surface area contributed by atoms with Gasteiger partial charge in [-0.05, 0) is 50.2 Å². The fourth-order valence-electron chi connectivity index (χ4n) is 2.49. The lowest BCUT2D eigenvalue weighted by Crippen LogP contribution is -2.25. The molecule has 2 nitrogen and oxygen atoms in total. The number of hydrogen-bond donors (Lipinski definition) is 1. The van der Waals surface area contributed by atoms with Gasteiger partial charge in [-0.15, -0.1) is 0 Å². The van der Waals surface area contributed by atoms with Crippen molar-refractivity contribution >= 4 is 11.6 Å². The summed E-state index contributed by atoms with van der Waals surface area (Å²) in [5, 5.41) is 0.809. The van der Waals surface area contributed by atoms with Crippen LogP contribution in [0.1, 0.15) is 18.0 Å². The third-order valence-electron chi connectivity index (χ3n) is 3.27. The summed E-state index contributed by atoms with van der Waals surface area (Å²) >= 11 is 6.01. The first-order chi connectivity index (χ1) is 7.22. The normalized spacial score (nSPS) is 27.1. The maximum atomic E-state index is 6.01. The molecule has 2 rings (SSSR count). The van der Waals surface area contributed by atoms with Gasteiger partial charge < -0.3 is 5.73 Å². The molecule has 1 saturated heterocycles. The quantitative estimate of drug-likeness (QED) is 0.836. The van der Waals surface area contributed by atoms with E-state index >= 15 is 0 Å². The number of hydrogen-bond acceptors (Lipinski definition) is 2. The molecule has 2 N–H and O–H groups in total. The van der Waals surface area contributed by atoms with E-state index in [0.717, 1.165) is 18.1 Å². The Bertz CT molecular complexity index is 340. The summed E-state index contributed by atoms with van der Waals surface area (Å²) in [6.45, 7) is 1.88. The minimum atomic E-state index is 0.439. The Labute approximate surface area is 96.0 Å². The van der Waals surface area contributed by atoms with Gasteiger partial charge >= 0.3 is 0 Å². The second-order valence-corrected chi connectivity index (χ2v) is 4.70. The van der Waals surface area contributed by atoms with E-state index in [1.165, 1.54) is 12.0 Å². The summed E-state index contributed by atoms with van der Waals surface area (Å²) in [5.74, 6) is 0.563. The highest BCUT2D eigenvalue weighted by Crippen LogP contribution is 2.35. The summed E-state index contributed by atoms with van der Waals surface area (Å²) in [4.78, 5) is 2.36. The van der Waals surface area contributed by atoms with Crippen molar-refractivity contribution in [3.8, 4) is 0 Å². The third-order valence-corrected chi connectivity index (χ3v) is 3.50. The van der Waals surface area contributed by atoms with E-state index in [2.05, 4.69) is 24.1 Å². The second kappa shape index (κ2) is 4.52. The summed E-state index contributed by atoms with van der Waals surface area (Å²) in [5.41, 5.74) is 7.09. The fourth-order valence-corrected chi connectivity index (χ4v) is 2.69. The van der Waals surface area contributed by atoms with Crippen LogP contribution in [0.4, 0.5) is 0 Å². The fraction of sp³-hybridized carbons (Fsp3) is 0.500. The molecule has 15 heavy (non-hydrogen) atoms. The smallest absolute Gasteiger partial charge is 0.0409 e. The van der Waals surface area contributed by atoms with E-state index in [1.54, 1.807) is 0 Å². The minimum Gasteiger partial charge on any atom is -0.330 e. The van der Waals surface area contributed by atoms with Crippen molar-refractivity contribution in [2.45, 2.75) is 12.5 Å². The minimum absolute atomic E-state index is 0.439. The zero-order valence-corrected chi connectivity index (χ0v) is 9.74. The summed E-state index contributed by atoms with van der Waals surface area (Å²) in [6.07, 6.45) is 1.18. The first kappa shape index (κ1) is 10.9. The highest BCUT2D eigenvalue weighted by molar-refractivity contribution is 6.30. The molecule has 1 aliphatic heterocycles. The zero-order valence-electron chi connectivity index (χ0n) is 8.99. The lowest BCUT2D eigenvalue weighted by molar-refractivity contribution is 0.279. The average molecular weight is 225 g/mol. The van der Waals surface area contributed by atoms with E-state index in [1.807, 2.05) is 12.1 Å². The van der Waals surface area contributed by atoms with Crippen LogP contribution in [-0.4, -0.2) is 25.0 Å². The lowest BCUT2D eigenvalue weighted by atomic mass is 9.94. The van der Waals surface area contributed by atoms with E-state index in [0.29, 0.717) is 12.0 Å². The Kier molecular flexibility index (Phi) is 3.29. The van der Waals surface area contributed by atoms with Gasteiger partial charge in [0, 0.05) is 11.1 Å². The van der Waals surface area contributed by atoms with E-state index in [-0.39, 0.29) is 0 Å². The molecule has 0 saturated carbocycles. The molecule has 0 aliphatic carbocycles. The lowest BCUT2D eigenvalue weighted by Gasteiger charge is -2.24. The maximum absolute atomic E-state index is 6.01. The Morgan fingerprint density at radius 1 is 1.53 bits per heavy atom. The van der Waals surface area contributed by atoms with Crippen molar-refractivity contribution in [1.29, 1.82) is 0 Å². The topological polar surface area (TPSA) is 29.3 Å². The highest BCUT2D eigenvalue weighted by atomic mass is 35.5. The molecule has 0 unspecified atom stereocenters. The van der Waals surface area contributed by atoms with Crippen LogP contribution in [0.5, 0.6) is 0 Å². The molecule has 1 aliphatic rings. The van der Waals surface area contributed by atoms with Crippen LogP contribution >= 0.6 is 11.6 Å². The maximum Gasteiger partial charge on any atom is 0.0409 e. The van der Waals surface area contributed by atoms with E-state index < -0.39 is 0 Å². The number of benzene rings is 1. The van der Waals surface area contributed by atoms with E-state index in [4.69, 9.17) is 17.3 Å². The summed E-state index contributed by atoms with van der Waals surface area (Å²) in [6, 6.07) is 8.56. The van der Waals surface area contributed by atoms with Crippen molar-refractivity contribution in [2.24, 2.45) is 11.7 Å². The first-order valence-corrected chi connectivity index (χ1v) is 5.76. The van der Waals surface area contributed by atoms with Gasteiger partial charge in [0.2, 0.25) is 0 Å². The molecular formula is C12H17ClN2. The number of rotatable bonds is 2. The largest absolute Gasteiger partial charge is 0.330 e. The monoisotopic (exact) mass is 224 g/mol. The van der Waals surface area contributed by atoms with Crippen molar-refractivity contribution in [3.05, 3.63) is 34.9 Å². The van der Waals surface area contributed by atoms with Crippen molar-refractivity contribution < 1.29 is 0 Å². The molecule has 82 valence electrons. The molecule has 1 aromatic carbocycles. The van der Waals surface area contributed by atoms with E-state index in [9.17, 15) is 0 Å². The first-order valence-electron chi connectivity index (χ1n) is 5.38.